The summed E-state index contributed by atoms with van der Waals surface area (Å²) in [6.45, 7) is 1.90. The molecule has 0 spiro atoms. The molecule has 0 unspecified atom stereocenters. The Hall–Kier alpha value is -3.48. The number of alkyl halides is 3. The summed E-state index contributed by atoms with van der Waals surface area (Å²) >= 11 is 0. The number of aryl methyl sites for hydroxylation is 2. The number of nitrogens with one attached hydrogen (secondary N) is 1. The second kappa shape index (κ2) is 6.84. The van der Waals surface area contributed by atoms with Gasteiger partial charge >= 0.3 is 6.18 Å². The second-order valence-electron chi connectivity index (χ2n) is 6.85. The van der Waals surface area contributed by atoms with Crippen LogP contribution in [0, 0.1) is 6.92 Å². The SMILES string of the molecule is Cc1cc(Oc2ccc(C(F)(F)F)cc2)cc(-c2c[nH]c3ccc(=O)n(C)c23)c1. The van der Waals surface area contributed by atoms with Crippen LogP contribution in [0.1, 0.15) is 11.1 Å². The Bertz CT molecular complexity index is 1250. The second-order valence-corrected chi connectivity index (χ2v) is 6.85. The van der Waals surface area contributed by atoms with Gasteiger partial charge < -0.3 is 14.3 Å². The third-order valence-corrected chi connectivity index (χ3v) is 4.72. The number of hydrogen-bond donors (Lipinski definition) is 1. The maximum atomic E-state index is 12.7. The van der Waals surface area contributed by atoms with Crippen LogP contribution in [-0.4, -0.2) is 9.55 Å². The van der Waals surface area contributed by atoms with Gasteiger partial charge in [-0.1, -0.05) is 6.07 Å². The summed E-state index contributed by atoms with van der Waals surface area (Å²) in [5, 5.41) is 0. The number of benzene rings is 2. The van der Waals surface area contributed by atoms with E-state index in [9.17, 15) is 18.0 Å². The molecular weight excluding hydrogens is 381 g/mol. The van der Waals surface area contributed by atoms with E-state index in [1.54, 1.807) is 29.8 Å². The first-order chi connectivity index (χ1) is 13.7. The third-order valence-electron chi connectivity index (χ3n) is 4.72. The first-order valence-corrected chi connectivity index (χ1v) is 8.87. The molecule has 0 aliphatic carbocycles. The van der Waals surface area contributed by atoms with Crippen LogP contribution in [0.5, 0.6) is 11.5 Å². The lowest BCUT2D eigenvalue weighted by Gasteiger charge is -2.11. The average Bonchev–Trinajstić information content (AvgIpc) is 3.09. The van der Waals surface area contributed by atoms with Gasteiger partial charge in [-0.15, -0.1) is 0 Å². The van der Waals surface area contributed by atoms with Crippen molar-refractivity contribution in [2.24, 2.45) is 7.05 Å². The summed E-state index contributed by atoms with van der Waals surface area (Å²) in [6.07, 6.45) is -2.57. The molecule has 0 bridgehead atoms. The molecule has 0 fully saturated rings. The molecule has 4 rings (SSSR count). The maximum absolute atomic E-state index is 12.7. The molecule has 0 aliphatic rings. The highest BCUT2D eigenvalue weighted by atomic mass is 19.4. The molecule has 0 saturated carbocycles. The number of pyridine rings is 1. The van der Waals surface area contributed by atoms with E-state index in [-0.39, 0.29) is 5.56 Å². The minimum absolute atomic E-state index is 0.118. The van der Waals surface area contributed by atoms with Gasteiger partial charge in [-0.25, -0.2) is 0 Å². The van der Waals surface area contributed by atoms with Gasteiger partial charge in [0, 0.05) is 24.9 Å². The van der Waals surface area contributed by atoms with E-state index in [1.807, 2.05) is 19.2 Å². The number of aromatic amines is 1. The van der Waals surface area contributed by atoms with Crippen molar-refractivity contribution in [1.29, 1.82) is 0 Å². The summed E-state index contributed by atoms with van der Waals surface area (Å²) in [6, 6.07) is 13.3. The number of ether oxygens (including phenoxy) is 1. The predicted octanol–water partition coefficient (Wildman–Crippen LogP) is 5.65. The van der Waals surface area contributed by atoms with Crippen LogP contribution in [0.2, 0.25) is 0 Å². The van der Waals surface area contributed by atoms with E-state index >= 15 is 0 Å². The number of fused-ring (bicyclic) bond motifs is 1. The normalized spacial score (nSPS) is 11.8. The van der Waals surface area contributed by atoms with Crippen LogP contribution in [0.15, 0.2) is 65.6 Å². The highest BCUT2D eigenvalue weighted by Gasteiger charge is 2.30. The maximum Gasteiger partial charge on any atom is 0.416 e. The molecule has 1 N–H and O–H groups in total. The molecule has 4 nitrogen and oxygen atoms in total. The van der Waals surface area contributed by atoms with Gasteiger partial charge in [0.2, 0.25) is 0 Å². The van der Waals surface area contributed by atoms with Crippen molar-refractivity contribution in [3.8, 4) is 22.6 Å². The Morgan fingerprint density at radius 2 is 1.69 bits per heavy atom. The van der Waals surface area contributed by atoms with Gasteiger partial charge in [-0.2, -0.15) is 13.2 Å². The zero-order valence-electron chi connectivity index (χ0n) is 15.7. The Morgan fingerprint density at radius 1 is 0.966 bits per heavy atom. The molecule has 2 aromatic heterocycles. The highest BCUT2D eigenvalue weighted by Crippen LogP contribution is 2.34. The molecule has 0 amide bonds. The molecule has 0 radical (unpaired) electrons. The molecule has 0 aliphatic heterocycles. The topological polar surface area (TPSA) is 47.0 Å². The third kappa shape index (κ3) is 3.63. The zero-order valence-corrected chi connectivity index (χ0v) is 15.7. The summed E-state index contributed by atoms with van der Waals surface area (Å²) in [4.78, 5) is 15.2. The van der Waals surface area contributed by atoms with Crippen molar-refractivity contribution < 1.29 is 17.9 Å². The molecule has 4 aromatic rings. The molecule has 7 heteroatoms. The van der Waals surface area contributed by atoms with E-state index < -0.39 is 11.7 Å². The predicted molar refractivity (Wildman–Crippen MR) is 105 cm³/mol. The molecule has 0 atom stereocenters. The van der Waals surface area contributed by atoms with Crippen LogP contribution in [0.4, 0.5) is 13.2 Å². The van der Waals surface area contributed by atoms with Crippen molar-refractivity contribution in [2.45, 2.75) is 13.1 Å². The lowest BCUT2D eigenvalue weighted by atomic mass is 10.0. The number of hydrogen-bond acceptors (Lipinski definition) is 2. The fraction of sp³-hybridized carbons (Fsp3) is 0.136. The Labute approximate surface area is 164 Å². The van der Waals surface area contributed by atoms with Gasteiger partial charge in [0.25, 0.3) is 5.56 Å². The number of aromatic nitrogens is 2. The first-order valence-electron chi connectivity index (χ1n) is 8.87. The molecular formula is C22H17F3N2O2. The lowest BCUT2D eigenvalue weighted by Crippen LogP contribution is -2.14. The van der Waals surface area contributed by atoms with Gasteiger partial charge in [0.1, 0.15) is 11.5 Å². The molecule has 148 valence electrons. The van der Waals surface area contributed by atoms with Crippen LogP contribution in [0.25, 0.3) is 22.2 Å². The van der Waals surface area contributed by atoms with Gasteiger partial charge in [-0.05, 0) is 60.5 Å². The molecule has 29 heavy (non-hydrogen) atoms. The summed E-state index contributed by atoms with van der Waals surface area (Å²) < 4.78 is 45.5. The van der Waals surface area contributed by atoms with Crippen molar-refractivity contribution in [1.82, 2.24) is 9.55 Å². The highest BCUT2D eigenvalue weighted by molar-refractivity contribution is 5.93. The van der Waals surface area contributed by atoms with E-state index in [0.717, 1.165) is 39.9 Å². The van der Waals surface area contributed by atoms with Crippen molar-refractivity contribution in [2.75, 3.05) is 0 Å². The van der Waals surface area contributed by atoms with Crippen molar-refractivity contribution in [3.05, 3.63) is 82.3 Å². The Morgan fingerprint density at radius 3 is 2.38 bits per heavy atom. The van der Waals surface area contributed by atoms with Gasteiger partial charge in [0.05, 0.1) is 16.6 Å². The number of nitrogens with zero attached hydrogens (tertiary/aromatic N) is 1. The average molecular weight is 398 g/mol. The molecule has 2 aromatic carbocycles. The van der Waals surface area contributed by atoms with E-state index in [1.165, 1.54) is 18.2 Å². The minimum Gasteiger partial charge on any atom is -0.457 e. The summed E-state index contributed by atoms with van der Waals surface area (Å²) in [5.41, 5.74) is 3.33. The number of halogens is 3. The van der Waals surface area contributed by atoms with Crippen LogP contribution in [-0.2, 0) is 13.2 Å². The Balaban J connectivity index is 1.72. The summed E-state index contributed by atoms with van der Waals surface area (Å²) in [5.74, 6) is 0.802. The van der Waals surface area contributed by atoms with E-state index in [2.05, 4.69) is 4.98 Å². The Kier molecular flexibility index (Phi) is 4.45. The first kappa shape index (κ1) is 18.9. The van der Waals surface area contributed by atoms with Crippen LogP contribution < -0.4 is 10.3 Å². The van der Waals surface area contributed by atoms with Gasteiger partial charge in [0.15, 0.2) is 0 Å². The fourth-order valence-electron chi connectivity index (χ4n) is 3.33. The number of rotatable bonds is 3. The van der Waals surface area contributed by atoms with Crippen molar-refractivity contribution in [3.63, 3.8) is 0 Å². The standard InChI is InChI=1S/C22H17F3N2O2/c1-13-9-14(18-12-26-19-7-8-20(28)27(2)21(18)19)11-17(10-13)29-16-5-3-15(4-6-16)22(23,24)25/h3-12,26H,1-2H3. The number of H-pyrrole nitrogens is 1. The minimum atomic E-state index is -4.39. The lowest BCUT2D eigenvalue weighted by molar-refractivity contribution is -0.137. The largest absolute Gasteiger partial charge is 0.457 e. The summed E-state index contributed by atoms with van der Waals surface area (Å²) in [7, 11) is 1.71. The van der Waals surface area contributed by atoms with E-state index in [4.69, 9.17) is 4.74 Å². The van der Waals surface area contributed by atoms with Gasteiger partial charge in [-0.3, -0.25) is 4.79 Å². The quantitative estimate of drug-likeness (QED) is 0.485. The van der Waals surface area contributed by atoms with E-state index in [0.29, 0.717) is 11.5 Å². The van der Waals surface area contributed by atoms with Crippen molar-refractivity contribution >= 4 is 11.0 Å². The molecule has 0 saturated heterocycles. The monoisotopic (exact) mass is 398 g/mol. The van der Waals surface area contributed by atoms with Crippen LogP contribution in [0.3, 0.4) is 0 Å². The molecule has 2 heterocycles. The zero-order chi connectivity index (χ0) is 20.8. The van der Waals surface area contributed by atoms with Crippen LogP contribution >= 0.6 is 0 Å². The fourth-order valence-corrected chi connectivity index (χ4v) is 3.33. The smallest absolute Gasteiger partial charge is 0.416 e.